The highest BCUT2D eigenvalue weighted by Crippen LogP contribution is 2.31. The number of rotatable bonds is 8. The Morgan fingerprint density at radius 2 is 2.25 bits per heavy atom. The molecule has 0 fully saturated rings. The first-order chi connectivity index (χ1) is 11.6. The van der Waals surface area contributed by atoms with Gasteiger partial charge < -0.3 is 5.32 Å². The minimum atomic E-state index is -0.119. The first kappa shape index (κ1) is 18.3. The molecule has 2 aromatic rings. The smallest absolute Gasteiger partial charge is 0.234 e. The maximum absolute atomic E-state index is 12.2. The number of thioether (sulfide) groups is 2. The third kappa shape index (κ3) is 5.25. The molecule has 0 aliphatic carbocycles. The van der Waals surface area contributed by atoms with E-state index in [-0.39, 0.29) is 16.9 Å². The number of para-hydroxylation sites is 1. The molecule has 0 unspecified atom stereocenters. The van der Waals surface area contributed by atoms with Crippen molar-refractivity contribution >= 4 is 35.1 Å². The molecule has 1 aromatic heterocycles. The molecule has 0 aliphatic heterocycles. The quantitative estimate of drug-likeness (QED) is 0.721. The molecule has 0 spiro atoms. The van der Waals surface area contributed by atoms with Crippen LogP contribution in [-0.4, -0.2) is 37.1 Å². The van der Waals surface area contributed by atoms with Gasteiger partial charge in [0.15, 0.2) is 0 Å². The normalized spacial score (nSPS) is 11.7. The lowest BCUT2D eigenvalue weighted by Crippen LogP contribution is -2.15. The summed E-state index contributed by atoms with van der Waals surface area (Å²) in [5, 5.41) is 23.8. The molecule has 1 N–H and O–H groups in total. The van der Waals surface area contributed by atoms with Gasteiger partial charge in [-0.05, 0) is 29.5 Å². The maximum Gasteiger partial charge on any atom is 0.234 e. The van der Waals surface area contributed by atoms with Crippen LogP contribution in [-0.2, 0) is 11.3 Å². The molecule has 0 saturated carbocycles. The highest BCUT2D eigenvalue weighted by atomic mass is 32.2. The predicted octanol–water partition coefficient (Wildman–Crippen LogP) is 2.82. The van der Waals surface area contributed by atoms with Crippen molar-refractivity contribution in [2.75, 3.05) is 11.1 Å². The standard InChI is InChI=1S/C15H18N6OS2/c1-3-21-15(18-19-20-21)23-10-14(22)17-12-6-4-5-7-13(12)24-11(2)8-9-16/h4-7,11H,3,8,10H2,1-2H3,(H,17,22)/t11-/m1/s1. The Morgan fingerprint density at radius 1 is 1.46 bits per heavy atom. The molecule has 9 heteroatoms. The van der Waals surface area contributed by atoms with Crippen molar-refractivity contribution in [1.82, 2.24) is 20.2 Å². The molecule has 7 nitrogen and oxygen atoms in total. The molecule has 24 heavy (non-hydrogen) atoms. The van der Waals surface area contributed by atoms with E-state index in [1.807, 2.05) is 38.1 Å². The van der Waals surface area contributed by atoms with E-state index in [9.17, 15) is 4.79 Å². The summed E-state index contributed by atoms with van der Waals surface area (Å²) in [4.78, 5) is 13.2. The summed E-state index contributed by atoms with van der Waals surface area (Å²) in [6, 6.07) is 9.76. The SMILES string of the molecule is CCn1nnnc1SCC(=O)Nc1ccccc1S[C@H](C)CC#N. The second kappa shape index (κ2) is 9.30. The lowest BCUT2D eigenvalue weighted by atomic mass is 10.3. The summed E-state index contributed by atoms with van der Waals surface area (Å²) >= 11 is 2.88. The molecule has 1 amide bonds. The zero-order valence-corrected chi connectivity index (χ0v) is 15.1. The number of anilines is 1. The molecule has 0 aliphatic rings. The van der Waals surface area contributed by atoms with Gasteiger partial charge in [-0.3, -0.25) is 4.79 Å². The maximum atomic E-state index is 12.2. The number of aromatic nitrogens is 4. The highest BCUT2D eigenvalue weighted by Gasteiger charge is 2.12. The molecule has 0 saturated heterocycles. The molecule has 0 radical (unpaired) electrons. The fourth-order valence-electron chi connectivity index (χ4n) is 1.87. The van der Waals surface area contributed by atoms with Crippen molar-refractivity contribution in [2.24, 2.45) is 0 Å². The number of aryl methyl sites for hydroxylation is 1. The molecule has 1 heterocycles. The van der Waals surface area contributed by atoms with Gasteiger partial charge in [-0.15, -0.1) is 16.9 Å². The van der Waals surface area contributed by atoms with Crippen LogP contribution in [0.1, 0.15) is 20.3 Å². The number of carbonyl (C=O) groups excluding carboxylic acids is 1. The Kier molecular flexibility index (Phi) is 7.08. The molecule has 0 bridgehead atoms. The number of hydrogen-bond acceptors (Lipinski definition) is 7. The van der Waals surface area contributed by atoms with Gasteiger partial charge in [0.2, 0.25) is 11.1 Å². The van der Waals surface area contributed by atoms with Crippen molar-refractivity contribution in [3.05, 3.63) is 24.3 Å². The number of tetrazole rings is 1. The molecule has 126 valence electrons. The molecule has 2 rings (SSSR count). The van der Waals surface area contributed by atoms with Gasteiger partial charge in [0.25, 0.3) is 0 Å². The number of hydrogen-bond donors (Lipinski definition) is 1. The Hall–Kier alpha value is -2.05. The van der Waals surface area contributed by atoms with E-state index in [0.29, 0.717) is 18.1 Å². The molecule has 1 atom stereocenters. The van der Waals surface area contributed by atoms with Gasteiger partial charge in [-0.25, -0.2) is 4.68 Å². The average molecular weight is 362 g/mol. The van der Waals surface area contributed by atoms with Crippen LogP contribution in [0.3, 0.4) is 0 Å². The summed E-state index contributed by atoms with van der Waals surface area (Å²) in [7, 11) is 0. The van der Waals surface area contributed by atoms with Gasteiger partial charge >= 0.3 is 0 Å². The highest BCUT2D eigenvalue weighted by molar-refractivity contribution is 8.00. The van der Waals surface area contributed by atoms with Crippen molar-refractivity contribution in [3.63, 3.8) is 0 Å². The number of benzene rings is 1. The number of nitriles is 1. The second-order valence-electron chi connectivity index (χ2n) is 4.90. The van der Waals surface area contributed by atoms with Crippen LogP contribution < -0.4 is 5.32 Å². The van der Waals surface area contributed by atoms with E-state index < -0.39 is 0 Å². The zero-order chi connectivity index (χ0) is 17.4. The molecular formula is C15H18N6OS2. The van der Waals surface area contributed by atoms with E-state index in [1.54, 1.807) is 16.4 Å². The number of carbonyl (C=O) groups is 1. The number of nitrogens with one attached hydrogen (secondary N) is 1. The third-order valence-corrected chi connectivity index (χ3v) is 5.14. The van der Waals surface area contributed by atoms with E-state index in [4.69, 9.17) is 5.26 Å². The predicted molar refractivity (Wildman–Crippen MR) is 94.8 cm³/mol. The topological polar surface area (TPSA) is 96.5 Å². The first-order valence-corrected chi connectivity index (χ1v) is 9.32. The van der Waals surface area contributed by atoms with E-state index in [0.717, 1.165) is 10.6 Å². The zero-order valence-electron chi connectivity index (χ0n) is 13.5. The fourth-order valence-corrected chi connectivity index (χ4v) is 3.61. The number of amides is 1. The van der Waals surface area contributed by atoms with Crippen molar-refractivity contribution in [2.45, 2.75) is 42.1 Å². The van der Waals surface area contributed by atoms with Gasteiger partial charge in [0, 0.05) is 23.1 Å². The summed E-state index contributed by atoms with van der Waals surface area (Å²) < 4.78 is 1.64. The lowest BCUT2D eigenvalue weighted by molar-refractivity contribution is -0.113. The van der Waals surface area contributed by atoms with Crippen LogP contribution in [0, 0.1) is 11.3 Å². The van der Waals surface area contributed by atoms with Gasteiger partial charge in [0.05, 0.1) is 17.5 Å². The average Bonchev–Trinajstić information content (AvgIpc) is 3.02. The van der Waals surface area contributed by atoms with Crippen LogP contribution in [0.4, 0.5) is 5.69 Å². The van der Waals surface area contributed by atoms with Gasteiger partial charge in [-0.2, -0.15) is 5.26 Å². The van der Waals surface area contributed by atoms with Crippen LogP contribution in [0.2, 0.25) is 0 Å². The second-order valence-corrected chi connectivity index (χ2v) is 7.32. The van der Waals surface area contributed by atoms with E-state index >= 15 is 0 Å². The summed E-state index contributed by atoms with van der Waals surface area (Å²) in [5.41, 5.74) is 0.757. The largest absolute Gasteiger partial charge is 0.324 e. The fraction of sp³-hybridized carbons (Fsp3) is 0.400. The number of nitrogens with zero attached hydrogens (tertiary/aromatic N) is 5. The van der Waals surface area contributed by atoms with Crippen LogP contribution in [0.5, 0.6) is 0 Å². The monoisotopic (exact) mass is 362 g/mol. The van der Waals surface area contributed by atoms with Crippen LogP contribution >= 0.6 is 23.5 Å². The summed E-state index contributed by atoms with van der Waals surface area (Å²) in [6.45, 7) is 4.59. The lowest BCUT2D eigenvalue weighted by Gasteiger charge is -2.13. The minimum Gasteiger partial charge on any atom is -0.324 e. The Morgan fingerprint density at radius 3 is 3.00 bits per heavy atom. The van der Waals surface area contributed by atoms with Crippen molar-refractivity contribution < 1.29 is 4.79 Å². The van der Waals surface area contributed by atoms with Gasteiger partial charge in [-0.1, -0.05) is 30.8 Å². The summed E-state index contributed by atoms with van der Waals surface area (Å²) in [6.07, 6.45) is 0.461. The summed E-state index contributed by atoms with van der Waals surface area (Å²) in [5.74, 6) is 0.110. The van der Waals surface area contributed by atoms with Crippen LogP contribution in [0.25, 0.3) is 0 Å². The van der Waals surface area contributed by atoms with Crippen molar-refractivity contribution in [1.29, 1.82) is 5.26 Å². The van der Waals surface area contributed by atoms with Crippen molar-refractivity contribution in [3.8, 4) is 6.07 Å². The Bertz CT molecular complexity index is 727. The first-order valence-electron chi connectivity index (χ1n) is 7.45. The third-order valence-electron chi connectivity index (χ3n) is 3.00. The van der Waals surface area contributed by atoms with Gasteiger partial charge in [0.1, 0.15) is 0 Å². The molecule has 1 aromatic carbocycles. The van der Waals surface area contributed by atoms with Crippen LogP contribution in [0.15, 0.2) is 34.3 Å². The van der Waals surface area contributed by atoms with E-state index in [1.165, 1.54) is 11.8 Å². The Labute approximate surface area is 149 Å². The molecular weight excluding hydrogens is 344 g/mol. The Balaban J connectivity index is 1.95. The van der Waals surface area contributed by atoms with E-state index in [2.05, 4.69) is 26.9 Å². The minimum absolute atomic E-state index is 0.119.